The fourth-order valence-electron chi connectivity index (χ4n) is 2.77. The van der Waals surface area contributed by atoms with Gasteiger partial charge in [0.25, 0.3) is 0 Å². The van der Waals surface area contributed by atoms with Crippen LogP contribution in [-0.4, -0.2) is 15.8 Å². The Labute approximate surface area is 143 Å². The van der Waals surface area contributed by atoms with Crippen LogP contribution in [0.1, 0.15) is 23.1 Å². The number of benzene rings is 2. The van der Waals surface area contributed by atoms with Gasteiger partial charge in [-0.05, 0) is 30.4 Å². The molecular formula is C17H17N3O5. The van der Waals surface area contributed by atoms with E-state index in [0.717, 1.165) is 17.2 Å². The van der Waals surface area contributed by atoms with Gasteiger partial charge in [-0.25, -0.2) is 0 Å². The van der Waals surface area contributed by atoms with Crippen LogP contribution in [0.25, 0.3) is 0 Å². The number of nitrogens with zero attached hydrogens (tertiary/aromatic N) is 2. The molecule has 0 spiro atoms. The van der Waals surface area contributed by atoms with Gasteiger partial charge < -0.3 is 5.73 Å². The minimum Gasteiger partial charge on any atom is -0.369 e. The Morgan fingerprint density at radius 1 is 0.880 bits per heavy atom. The summed E-state index contributed by atoms with van der Waals surface area (Å²) >= 11 is 0. The van der Waals surface area contributed by atoms with Crippen LogP contribution in [0.4, 0.5) is 11.4 Å². The topological polar surface area (TPSA) is 129 Å². The highest BCUT2D eigenvalue weighted by atomic mass is 16.6. The van der Waals surface area contributed by atoms with Crippen LogP contribution in [0.5, 0.6) is 0 Å². The largest absolute Gasteiger partial charge is 0.369 e. The summed E-state index contributed by atoms with van der Waals surface area (Å²) in [5.41, 5.74) is 6.36. The van der Waals surface area contributed by atoms with Crippen LogP contribution in [0.3, 0.4) is 0 Å². The highest BCUT2D eigenvalue weighted by Crippen LogP contribution is 2.31. The first-order chi connectivity index (χ1) is 11.9. The highest BCUT2D eigenvalue weighted by Gasteiger charge is 2.27. The third kappa shape index (κ3) is 4.60. The number of hydrogen-bond acceptors (Lipinski definition) is 5. The average molecular weight is 343 g/mol. The molecule has 25 heavy (non-hydrogen) atoms. The summed E-state index contributed by atoms with van der Waals surface area (Å²) in [5.74, 6) is -0.429. The SMILES string of the molecule is NC(=O)Cc1ccccc1CCCc1cccc([N+](=O)[O-])c1[N+](=O)[O-]. The number of carbonyl (C=O) groups is 1. The molecule has 0 fully saturated rings. The number of nitrogens with two attached hydrogens (primary N) is 1. The molecule has 8 heteroatoms. The molecule has 0 aromatic heterocycles. The number of para-hydroxylation sites is 1. The number of nitro groups is 2. The number of nitro benzene ring substituents is 2. The lowest BCUT2D eigenvalue weighted by Gasteiger charge is -2.08. The van der Waals surface area contributed by atoms with Crippen molar-refractivity contribution >= 4 is 17.3 Å². The molecule has 2 rings (SSSR count). The Kier molecular flexibility index (Phi) is 5.78. The van der Waals surface area contributed by atoms with E-state index in [2.05, 4.69) is 0 Å². The number of amides is 1. The number of primary amides is 1. The number of aryl methyl sites for hydroxylation is 2. The Balaban J connectivity index is 2.16. The van der Waals surface area contributed by atoms with Gasteiger partial charge in [-0.3, -0.25) is 25.0 Å². The lowest BCUT2D eigenvalue weighted by molar-refractivity contribution is -0.423. The van der Waals surface area contributed by atoms with Gasteiger partial charge >= 0.3 is 11.4 Å². The van der Waals surface area contributed by atoms with Gasteiger partial charge in [0.15, 0.2) is 0 Å². The lowest BCUT2D eigenvalue weighted by Crippen LogP contribution is -2.14. The third-order valence-corrected chi connectivity index (χ3v) is 3.85. The molecule has 2 aromatic carbocycles. The molecule has 0 saturated heterocycles. The van der Waals surface area contributed by atoms with Crippen molar-refractivity contribution < 1.29 is 14.6 Å². The number of rotatable bonds is 8. The first-order valence-electron chi connectivity index (χ1n) is 7.66. The summed E-state index contributed by atoms with van der Waals surface area (Å²) in [6.07, 6.45) is 1.59. The van der Waals surface area contributed by atoms with E-state index in [9.17, 15) is 25.0 Å². The first-order valence-corrected chi connectivity index (χ1v) is 7.66. The van der Waals surface area contributed by atoms with Crippen molar-refractivity contribution in [3.05, 3.63) is 79.4 Å². The quantitative estimate of drug-likeness (QED) is 0.582. The zero-order valence-corrected chi connectivity index (χ0v) is 13.4. The maximum atomic E-state index is 11.2. The van der Waals surface area contributed by atoms with E-state index in [0.29, 0.717) is 24.8 Å². The van der Waals surface area contributed by atoms with Crippen molar-refractivity contribution in [2.24, 2.45) is 5.73 Å². The molecule has 0 saturated carbocycles. The predicted octanol–water partition coefficient (Wildman–Crippen LogP) is 2.71. The lowest BCUT2D eigenvalue weighted by atomic mass is 9.97. The van der Waals surface area contributed by atoms with E-state index in [1.807, 2.05) is 24.3 Å². The molecule has 0 aliphatic carbocycles. The zero-order chi connectivity index (χ0) is 18.4. The van der Waals surface area contributed by atoms with Crippen LogP contribution in [0.15, 0.2) is 42.5 Å². The van der Waals surface area contributed by atoms with Crippen LogP contribution < -0.4 is 5.73 Å². The fraction of sp³-hybridized carbons (Fsp3) is 0.235. The van der Waals surface area contributed by atoms with E-state index in [-0.39, 0.29) is 6.42 Å². The standard InChI is InChI=1S/C17H17N3O5/c18-16(21)11-14-6-2-1-5-12(14)7-3-8-13-9-4-10-15(19(22)23)17(13)20(24)25/h1-2,4-6,9-10H,3,7-8,11H2,(H2,18,21). The molecule has 1 amide bonds. The van der Waals surface area contributed by atoms with E-state index < -0.39 is 27.1 Å². The second-order valence-electron chi connectivity index (χ2n) is 5.56. The molecule has 0 atom stereocenters. The molecule has 2 aromatic rings. The normalized spacial score (nSPS) is 10.4. The Hall–Kier alpha value is -3.29. The van der Waals surface area contributed by atoms with E-state index >= 15 is 0 Å². The molecule has 0 aliphatic rings. The van der Waals surface area contributed by atoms with Crippen LogP contribution in [0.2, 0.25) is 0 Å². The number of carbonyl (C=O) groups excluding carboxylic acids is 1. The molecule has 0 radical (unpaired) electrons. The highest BCUT2D eigenvalue weighted by molar-refractivity contribution is 5.77. The summed E-state index contributed by atoms with van der Waals surface area (Å²) in [4.78, 5) is 31.8. The minimum atomic E-state index is -0.746. The van der Waals surface area contributed by atoms with Gasteiger partial charge in [0.2, 0.25) is 5.91 Å². The zero-order valence-electron chi connectivity index (χ0n) is 13.4. The van der Waals surface area contributed by atoms with Gasteiger partial charge in [0.1, 0.15) is 0 Å². The van der Waals surface area contributed by atoms with Crippen LogP contribution in [-0.2, 0) is 24.1 Å². The van der Waals surface area contributed by atoms with Crippen molar-refractivity contribution in [3.63, 3.8) is 0 Å². The maximum Gasteiger partial charge on any atom is 0.349 e. The molecule has 0 aliphatic heterocycles. The first kappa shape index (κ1) is 18.1. The summed E-state index contributed by atoms with van der Waals surface area (Å²) in [6, 6.07) is 11.4. The molecule has 2 N–H and O–H groups in total. The third-order valence-electron chi connectivity index (χ3n) is 3.85. The fourth-order valence-corrected chi connectivity index (χ4v) is 2.77. The minimum absolute atomic E-state index is 0.132. The van der Waals surface area contributed by atoms with Crippen molar-refractivity contribution in [2.75, 3.05) is 0 Å². The van der Waals surface area contributed by atoms with E-state index in [1.165, 1.54) is 12.1 Å². The van der Waals surface area contributed by atoms with Crippen molar-refractivity contribution in [3.8, 4) is 0 Å². The van der Waals surface area contributed by atoms with Gasteiger partial charge in [0.05, 0.1) is 16.3 Å². The Bertz CT molecular complexity index is 820. The smallest absolute Gasteiger partial charge is 0.349 e. The Morgan fingerprint density at radius 3 is 2.08 bits per heavy atom. The summed E-state index contributed by atoms with van der Waals surface area (Å²) in [7, 11) is 0. The van der Waals surface area contributed by atoms with Crippen LogP contribution in [0, 0.1) is 20.2 Å². The molecule has 0 unspecified atom stereocenters. The molecule has 0 heterocycles. The predicted molar refractivity (Wildman–Crippen MR) is 91.1 cm³/mol. The molecule has 8 nitrogen and oxygen atoms in total. The van der Waals surface area contributed by atoms with Crippen molar-refractivity contribution in [2.45, 2.75) is 25.7 Å². The monoisotopic (exact) mass is 343 g/mol. The van der Waals surface area contributed by atoms with Crippen LogP contribution >= 0.6 is 0 Å². The van der Waals surface area contributed by atoms with Gasteiger partial charge in [-0.15, -0.1) is 0 Å². The summed E-state index contributed by atoms with van der Waals surface area (Å²) in [6.45, 7) is 0. The summed E-state index contributed by atoms with van der Waals surface area (Å²) < 4.78 is 0. The second-order valence-corrected chi connectivity index (χ2v) is 5.56. The van der Waals surface area contributed by atoms with Gasteiger partial charge in [-0.2, -0.15) is 0 Å². The number of hydrogen-bond donors (Lipinski definition) is 1. The van der Waals surface area contributed by atoms with Crippen molar-refractivity contribution in [1.82, 2.24) is 0 Å². The molecule has 0 bridgehead atoms. The Morgan fingerprint density at radius 2 is 1.48 bits per heavy atom. The molecule has 130 valence electrons. The van der Waals surface area contributed by atoms with E-state index in [4.69, 9.17) is 5.73 Å². The maximum absolute atomic E-state index is 11.2. The van der Waals surface area contributed by atoms with Gasteiger partial charge in [0, 0.05) is 11.6 Å². The van der Waals surface area contributed by atoms with E-state index in [1.54, 1.807) is 0 Å². The molecular weight excluding hydrogens is 326 g/mol. The summed E-state index contributed by atoms with van der Waals surface area (Å²) in [5, 5.41) is 22.2. The van der Waals surface area contributed by atoms with Crippen molar-refractivity contribution in [1.29, 1.82) is 0 Å². The van der Waals surface area contributed by atoms with Gasteiger partial charge in [-0.1, -0.05) is 36.4 Å². The average Bonchev–Trinajstić information content (AvgIpc) is 2.55. The second kappa shape index (κ2) is 8.00.